The number of ether oxygens (including phenoxy) is 1. The quantitative estimate of drug-likeness (QED) is 0.793. The van der Waals surface area contributed by atoms with E-state index >= 15 is 0 Å². The molecule has 3 nitrogen and oxygen atoms in total. The number of nitrogens with zero attached hydrogens (tertiary/aromatic N) is 1. The van der Waals surface area contributed by atoms with Gasteiger partial charge in [0.25, 0.3) is 0 Å². The first-order valence-corrected chi connectivity index (χ1v) is 6.66. The first kappa shape index (κ1) is 18.6. The lowest BCUT2D eigenvalue weighted by molar-refractivity contribution is -0.139. The molecule has 2 aromatic rings. The number of hydrogen-bond acceptors (Lipinski definition) is 3. The first-order chi connectivity index (χ1) is 11.5. The highest BCUT2D eigenvalue weighted by Gasteiger charge is 2.35. The van der Waals surface area contributed by atoms with E-state index in [1.807, 2.05) is 0 Å². The van der Waals surface area contributed by atoms with Crippen molar-refractivity contribution in [1.29, 1.82) is 5.26 Å². The van der Waals surface area contributed by atoms with Gasteiger partial charge < -0.3 is 9.84 Å². The summed E-state index contributed by atoms with van der Waals surface area (Å²) in [6.07, 6.45) is -9.64. The molecule has 0 aromatic heterocycles. The molecule has 0 saturated heterocycles. The van der Waals surface area contributed by atoms with Crippen molar-refractivity contribution < 1.29 is 36.2 Å². The summed E-state index contributed by atoms with van der Waals surface area (Å²) in [5.41, 5.74) is -2.93. The van der Waals surface area contributed by atoms with Crippen molar-refractivity contribution in [2.75, 3.05) is 0 Å². The fraction of sp³-hybridized carbons (Fsp3) is 0.188. The van der Waals surface area contributed by atoms with Gasteiger partial charge in [0.2, 0.25) is 0 Å². The third-order valence-corrected chi connectivity index (χ3v) is 3.12. The summed E-state index contributed by atoms with van der Waals surface area (Å²) in [5, 5.41) is 17.7. The van der Waals surface area contributed by atoms with E-state index in [1.165, 1.54) is 6.07 Å². The number of halogens is 6. The van der Waals surface area contributed by atoms with Crippen LogP contribution < -0.4 is 4.74 Å². The van der Waals surface area contributed by atoms with Gasteiger partial charge in [0.15, 0.2) is 0 Å². The summed E-state index contributed by atoms with van der Waals surface area (Å²) in [7, 11) is 0. The highest BCUT2D eigenvalue weighted by molar-refractivity contribution is 5.46. The van der Waals surface area contributed by atoms with Crippen LogP contribution in [0.15, 0.2) is 36.4 Å². The van der Waals surface area contributed by atoms with Crippen molar-refractivity contribution in [3.05, 3.63) is 58.7 Å². The Kier molecular flexibility index (Phi) is 4.94. The second-order valence-corrected chi connectivity index (χ2v) is 4.94. The fourth-order valence-corrected chi connectivity index (χ4v) is 2.00. The molecule has 0 bridgehead atoms. The highest BCUT2D eigenvalue weighted by atomic mass is 19.4. The molecule has 9 heteroatoms. The van der Waals surface area contributed by atoms with Crippen molar-refractivity contribution in [2.45, 2.75) is 19.0 Å². The maximum atomic E-state index is 13.1. The summed E-state index contributed by atoms with van der Waals surface area (Å²) >= 11 is 0. The van der Waals surface area contributed by atoms with Gasteiger partial charge >= 0.3 is 12.4 Å². The van der Waals surface area contributed by atoms with Crippen LogP contribution in [0.4, 0.5) is 26.3 Å². The maximum absolute atomic E-state index is 13.1. The van der Waals surface area contributed by atoms with E-state index in [9.17, 15) is 26.3 Å². The van der Waals surface area contributed by atoms with Crippen LogP contribution in [0.5, 0.6) is 11.5 Å². The molecule has 0 radical (unpaired) electrons. The average Bonchev–Trinajstić information content (AvgIpc) is 2.53. The molecule has 0 fully saturated rings. The Morgan fingerprint density at radius 3 is 2.16 bits per heavy atom. The van der Waals surface area contributed by atoms with Gasteiger partial charge in [-0.2, -0.15) is 31.6 Å². The van der Waals surface area contributed by atoms with Crippen LogP contribution in [0.1, 0.15) is 22.3 Å². The lowest BCUT2D eigenvalue weighted by Crippen LogP contribution is -2.09. The van der Waals surface area contributed by atoms with E-state index in [0.717, 1.165) is 18.2 Å². The van der Waals surface area contributed by atoms with Gasteiger partial charge in [-0.05, 0) is 35.9 Å². The van der Waals surface area contributed by atoms with E-state index in [2.05, 4.69) is 0 Å². The smallest absolute Gasteiger partial charge is 0.419 e. The Balaban J connectivity index is 2.52. The molecule has 0 saturated carbocycles. The summed E-state index contributed by atoms with van der Waals surface area (Å²) in [6.45, 7) is -0.647. The zero-order valence-corrected chi connectivity index (χ0v) is 12.2. The molecule has 0 aliphatic carbocycles. The number of aliphatic hydroxyl groups is 1. The predicted octanol–water partition coefficient (Wildman–Crippen LogP) is 4.88. The van der Waals surface area contributed by atoms with Crippen LogP contribution >= 0.6 is 0 Å². The minimum atomic E-state index is -4.85. The molecule has 0 aliphatic heterocycles. The molecule has 2 aromatic carbocycles. The minimum absolute atomic E-state index is 0.0403. The van der Waals surface area contributed by atoms with Crippen LogP contribution in [0.25, 0.3) is 0 Å². The normalized spacial score (nSPS) is 11.9. The molecule has 0 atom stereocenters. The topological polar surface area (TPSA) is 53.2 Å². The molecule has 132 valence electrons. The number of nitriles is 1. The number of benzene rings is 2. The van der Waals surface area contributed by atoms with Crippen LogP contribution in [-0.2, 0) is 19.0 Å². The van der Waals surface area contributed by atoms with Gasteiger partial charge in [0, 0.05) is 0 Å². The SMILES string of the molecule is N#Cc1cc(Oc2ccc(CO)cc2C(F)(F)F)cc(C(F)(F)F)c1. The van der Waals surface area contributed by atoms with Gasteiger partial charge in [-0.25, -0.2) is 0 Å². The Hall–Kier alpha value is -2.73. The number of aliphatic hydroxyl groups excluding tert-OH is 1. The summed E-state index contributed by atoms with van der Waals surface area (Å²) in [6, 6.07) is 6.12. The predicted molar refractivity (Wildman–Crippen MR) is 73.6 cm³/mol. The molecular formula is C16H9F6NO2. The molecule has 0 unspecified atom stereocenters. The van der Waals surface area contributed by atoms with Gasteiger partial charge in [0.05, 0.1) is 29.4 Å². The third kappa shape index (κ3) is 4.42. The molecule has 0 aliphatic rings. The van der Waals surface area contributed by atoms with Gasteiger partial charge in [-0.3, -0.25) is 0 Å². The van der Waals surface area contributed by atoms with Gasteiger partial charge in [-0.15, -0.1) is 0 Å². The standard InChI is InChI=1S/C16H9F6NO2/c17-15(18,19)11-3-10(7-23)4-12(6-11)25-14-2-1-9(8-24)5-13(14)16(20,21)22/h1-6,24H,8H2. The van der Waals surface area contributed by atoms with E-state index in [0.29, 0.717) is 18.2 Å². The number of rotatable bonds is 3. The second-order valence-electron chi connectivity index (χ2n) is 4.94. The van der Waals surface area contributed by atoms with E-state index in [-0.39, 0.29) is 5.56 Å². The molecule has 0 heterocycles. The summed E-state index contributed by atoms with van der Waals surface area (Å²) < 4.78 is 82.7. The van der Waals surface area contributed by atoms with Crippen molar-refractivity contribution in [3.63, 3.8) is 0 Å². The monoisotopic (exact) mass is 361 g/mol. The van der Waals surface area contributed by atoms with Crippen LogP contribution in [-0.4, -0.2) is 5.11 Å². The van der Waals surface area contributed by atoms with Crippen molar-refractivity contribution in [2.24, 2.45) is 0 Å². The van der Waals surface area contributed by atoms with Crippen molar-refractivity contribution >= 4 is 0 Å². The van der Waals surface area contributed by atoms with E-state index < -0.39 is 47.1 Å². The van der Waals surface area contributed by atoms with Crippen LogP contribution in [0.3, 0.4) is 0 Å². The van der Waals surface area contributed by atoms with Crippen molar-refractivity contribution in [1.82, 2.24) is 0 Å². The summed E-state index contributed by atoms with van der Waals surface area (Å²) in [4.78, 5) is 0. The molecule has 1 N–H and O–H groups in total. The molecule has 0 amide bonds. The molecule has 25 heavy (non-hydrogen) atoms. The highest BCUT2D eigenvalue weighted by Crippen LogP contribution is 2.40. The minimum Gasteiger partial charge on any atom is -0.457 e. The van der Waals surface area contributed by atoms with E-state index in [1.54, 1.807) is 0 Å². The fourth-order valence-electron chi connectivity index (χ4n) is 2.00. The second kappa shape index (κ2) is 6.64. The summed E-state index contributed by atoms with van der Waals surface area (Å²) in [5.74, 6) is -1.30. The maximum Gasteiger partial charge on any atom is 0.419 e. The Morgan fingerprint density at radius 2 is 1.64 bits per heavy atom. The van der Waals surface area contributed by atoms with E-state index in [4.69, 9.17) is 15.1 Å². The largest absolute Gasteiger partial charge is 0.457 e. The number of hydrogen-bond donors (Lipinski definition) is 1. The molecule has 2 rings (SSSR count). The van der Waals surface area contributed by atoms with Crippen LogP contribution in [0, 0.1) is 11.3 Å². The van der Waals surface area contributed by atoms with Crippen LogP contribution in [0.2, 0.25) is 0 Å². The average molecular weight is 361 g/mol. The lowest BCUT2D eigenvalue weighted by atomic mass is 10.1. The molecular weight excluding hydrogens is 352 g/mol. The Labute approximate surface area is 137 Å². The zero-order chi connectivity index (χ0) is 18.8. The Morgan fingerprint density at radius 1 is 0.960 bits per heavy atom. The van der Waals surface area contributed by atoms with Gasteiger partial charge in [0.1, 0.15) is 11.5 Å². The number of alkyl halides is 6. The zero-order valence-electron chi connectivity index (χ0n) is 12.2. The van der Waals surface area contributed by atoms with Crippen molar-refractivity contribution in [3.8, 4) is 17.6 Å². The lowest BCUT2D eigenvalue weighted by Gasteiger charge is -2.16. The first-order valence-electron chi connectivity index (χ1n) is 6.66. The van der Waals surface area contributed by atoms with Gasteiger partial charge in [-0.1, -0.05) is 6.07 Å². The Bertz CT molecular complexity index is 821. The third-order valence-electron chi connectivity index (χ3n) is 3.12. The molecule has 0 spiro atoms.